The maximum Gasteiger partial charge on any atom is 0.313 e. The summed E-state index contributed by atoms with van der Waals surface area (Å²) in [6.07, 6.45) is 1.46. The summed E-state index contributed by atoms with van der Waals surface area (Å²) in [5.74, 6) is -0.967. The van der Waals surface area contributed by atoms with Crippen molar-refractivity contribution in [1.82, 2.24) is 4.90 Å². The van der Waals surface area contributed by atoms with Crippen molar-refractivity contribution in [3.63, 3.8) is 0 Å². The summed E-state index contributed by atoms with van der Waals surface area (Å²) in [6, 6.07) is 6.66. The van der Waals surface area contributed by atoms with E-state index >= 15 is 0 Å². The van der Waals surface area contributed by atoms with Crippen LogP contribution in [0.15, 0.2) is 24.3 Å². The number of anilines is 1. The Hall–Kier alpha value is -1.59. The van der Waals surface area contributed by atoms with Gasteiger partial charge in [-0.05, 0) is 37.0 Å². The quantitative estimate of drug-likeness (QED) is 0.813. The fourth-order valence-corrected chi connectivity index (χ4v) is 2.40. The standard InChI is InChI=1S/C14H17ClN2O3/c15-11-2-1-3-12(8-11)16-13(19)14(20)17-6-4-10(9-18)5-7-17/h1-3,8,10,18H,4-7,9H2,(H,16,19). The van der Waals surface area contributed by atoms with Crippen LogP contribution in [-0.2, 0) is 9.59 Å². The molecule has 1 heterocycles. The highest BCUT2D eigenvalue weighted by Gasteiger charge is 2.26. The Morgan fingerprint density at radius 3 is 2.65 bits per heavy atom. The summed E-state index contributed by atoms with van der Waals surface area (Å²) in [4.78, 5) is 25.4. The average molecular weight is 297 g/mol. The van der Waals surface area contributed by atoms with Gasteiger partial charge in [-0.3, -0.25) is 9.59 Å². The van der Waals surface area contributed by atoms with Crippen molar-refractivity contribution in [2.24, 2.45) is 5.92 Å². The number of halogens is 1. The zero-order chi connectivity index (χ0) is 14.5. The summed E-state index contributed by atoms with van der Waals surface area (Å²) in [7, 11) is 0. The van der Waals surface area contributed by atoms with E-state index in [1.54, 1.807) is 24.3 Å². The van der Waals surface area contributed by atoms with E-state index < -0.39 is 11.8 Å². The number of aliphatic hydroxyl groups is 1. The Morgan fingerprint density at radius 1 is 1.35 bits per heavy atom. The van der Waals surface area contributed by atoms with Gasteiger partial charge in [0.2, 0.25) is 0 Å². The maximum absolute atomic E-state index is 12.0. The molecule has 1 aliphatic rings. The van der Waals surface area contributed by atoms with Gasteiger partial charge >= 0.3 is 11.8 Å². The summed E-state index contributed by atoms with van der Waals surface area (Å²) >= 11 is 5.82. The molecule has 2 amide bonds. The fourth-order valence-electron chi connectivity index (χ4n) is 2.21. The van der Waals surface area contributed by atoms with Crippen LogP contribution in [0.25, 0.3) is 0 Å². The highest BCUT2D eigenvalue weighted by Crippen LogP contribution is 2.18. The third-order valence-electron chi connectivity index (χ3n) is 3.44. The van der Waals surface area contributed by atoms with E-state index in [-0.39, 0.29) is 12.5 Å². The fraction of sp³-hybridized carbons (Fsp3) is 0.429. The van der Waals surface area contributed by atoms with E-state index in [2.05, 4.69) is 5.32 Å². The molecule has 0 spiro atoms. The second-order valence-corrected chi connectivity index (χ2v) is 5.32. The molecular formula is C14H17ClN2O3. The number of rotatable bonds is 2. The Labute approximate surface area is 122 Å². The van der Waals surface area contributed by atoms with E-state index in [0.717, 1.165) is 12.8 Å². The minimum Gasteiger partial charge on any atom is -0.396 e. The van der Waals surface area contributed by atoms with Gasteiger partial charge in [0, 0.05) is 30.4 Å². The van der Waals surface area contributed by atoms with E-state index in [1.165, 1.54) is 4.90 Å². The van der Waals surface area contributed by atoms with Crippen molar-refractivity contribution < 1.29 is 14.7 Å². The molecule has 0 bridgehead atoms. The van der Waals surface area contributed by atoms with Gasteiger partial charge in [0.25, 0.3) is 0 Å². The zero-order valence-electron chi connectivity index (χ0n) is 11.0. The second kappa shape index (κ2) is 6.72. The van der Waals surface area contributed by atoms with Gasteiger partial charge in [-0.1, -0.05) is 17.7 Å². The van der Waals surface area contributed by atoms with Gasteiger partial charge in [-0.2, -0.15) is 0 Å². The first kappa shape index (κ1) is 14.8. The molecule has 0 radical (unpaired) electrons. The van der Waals surface area contributed by atoms with Gasteiger partial charge in [0.15, 0.2) is 0 Å². The van der Waals surface area contributed by atoms with Crippen molar-refractivity contribution >= 4 is 29.1 Å². The molecule has 2 rings (SSSR count). The topological polar surface area (TPSA) is 69.6 Å². The highest BCUT2D eigenvalue weighted by molar-refractivity contribution is 6.39. The van der Waals surface area contributed by atoms with Crippen molar-refractivity contribution in [3.05, 3.63) is 29.3 Å². The number of piperidine rings is 1. The first-order valence-electron chi connectivity index (χ1n) is 6.57. The van der Waals surface area contributed by atoms with Gasteiger partial charge in [-0.25, -0.2) is 0 Å². The summed E-state index contributed by atoms with van der Waals surface area (Å²) in [5, 5.41) is 12.1. The number of hydrogen-bond acceptors (Lipinski definition) is 3. The van der Waals surface area contributed by atoms with Crippen LogP contribution in [0.3, 0.4) is 0 Å². The van der Waals surface area contributed by atoms with Crippen LogP contribution in [0.2, 0.25) is 5.02 Å². The lowest BCUT2D eigenvalue weighted by molar-refractivity contribution is -0.144. The number of nitrogens with zero attached hydrogens (tertiary/aromatic N) is 1. The molecular weight excluding hydrogens is 280 g/mol. The van der Waals surface area contributed by atoms with E-state index in [1.807, 2.05) is 0 Å². The predicted molar refractivity (Wildman–Crippen MR) is 76.5 cm³/mol. The minimum absolute atomic E-state index is 0.136. The molecule has 0 atom stereocenters. The minimum atomic E-state index is -0.658. The summed E-state index contributed by atoms with van der Waals surface area (Å²) in [6.45, 7) is 1.15. The third-order valence-corrected chi connectivity index (χ3v) is 3.67. The number of benzene rings is 1. The average Bonchev–Trinajstić information content (AvgIpc) is 2.46. The Kier molecular flexibility index (Phi) is 4.98. The molecule has 2 N–H and O–H groups in total. The van der Waals surface area contributed by atoms with Crippen LogP contribution in [-0.4, -0.2) is 41.5 Å². The van der Waals surface area contributed by atoms with E-state index in [9.17, 15) is 9.59 Å². The van der Waals surface area contributed by atoms with Crippen molar-refractivity contribution in [3.8, 4) is 0 Å². The largest absolute Gasteiger partial charge is 0.396 e. The van der Waals surface area contributed by atoms with Crippen LogP contribution in [0.5, 0.6) is 0 Å². The van der Waals surface area contributed by atoms with Crippen LogP contribution in [0.1, 0.15) is 12.8 Å². The number of amides is 2. The molecule has 1 aliphatic heterocycles. The molecule has 1 saturated heterocycles. The number of carbonyl (C=O) groups excluding carboxylic acids is 2. The number of nitrogens with one attached hydrogen (secondary N) is 1. The lowest BCUT2D eigenvalue weighted by Crippen LogP contribution is -2.44. The van der Waals surface area contributed by atoms with Crippen LogP contribution >= 0.6 is 11.6 Å². The van der Waals surface area contributed by atoms with Crippen molar-refractivity contribution in [1.29, 1.82) is 0 Å². The molecule has 0 aliphatic carbocycles. The third kappa shape index (κ3) is 3.71. The molecule has 1 aromatic carbocycles. The van der Waals surface area contributed by atoms with Crippen LogP contribution in [0, 0.1) is 5.92 Å². The normalized spacial score (nSPS) is 16.0. The molecule has 6 heteroatoms. The van der Waals surface area contributed by atoms with E-state index in [0.29, 0.717) is 23.8 Å². The summed E-state index contributed by atoms with van der Waals surface area (Å²) < 4.78 is 0. The van der Waals surface area contributed by atoms with Gasteiger partial charge in [0.05, 0.1) is 0 Å². The van der Waals surface area contributed by atoms with Crippen molar-refractivity contribution in [2.75, 3.05) is 25.0 Å². The Bertz CT molecular complexity index is 499. The Balaban J connectivity index is 1.91. The number of likely N-dealkylation sites (tertiary alicyclic amines) is 1. The molecule has 108 valence electrons. The van der Waals surface area contributed by atoms with Crippen LogP contribution < -0.4 is 5.32 Å². The first-order valence-corrected chi connectivity index (χ1v) is 6.94. The predicted octanol–water partition coefficient (Wildman–Crippen LogP) is 1.51. The first-order chi connectivity index (χ1) is 9.60. The maximum atomic E-state index is 12.0. The smallest absolute Gasteiger partial charge is 0.313 e. The lowest BCUT2D eigenvalue weighted by Gasteiger charge is -2.30. The van der Waals surface area contributed by atoms with Crippen molar-refractivity contribution in [2.45, 2.75) is 12.8 Å². The number of aliphatic hydroxyl groups excluding tert-OH is 1. The molecule has 1 fully saturated rings. The number of carbonyl (C=O) groups is 2. The lowest BCUT2D eigenvalue weighted by atomic mass is 9.98. The zero-order valence-corrected chi connectivity index (χ0v) is 11.8. The molecule has 1 aromatic rings. The Morgan fingerprint density at radius 2 is 2.05 bits per heavy atom. The molecule has 0 unspecified atom stereocenters. The second-order valence-electron chi connectivity index (χ2n) is 4.88. The summed E-state index contributed by atoms with van der Waals surface area (Å²) in [5.41, 5.74) is 0.501. The SMILES string of the molecule is O=C(Nc1cccc(Cl)c1)C(=O)N1CCC(CO)CC1. The van der Waals surface area contributed by atoms with Gasteiger partial charge in [-0.15, -0.1) is 0 Å². The van der Waals surface area contributed by atoms with Gasteiger partial charge < -0.3 is 15.3 Å². The van der Waals surface area contributed by atoms with Crippen LogP contribution in [0.4, 0.5) is 5.69 Å². The van der Waals surface area contributed by atoms with Gasteiger partial charge in [0.1, 0.15) is 0 Å². The van der Waals surface area contributed by atoms with E-state index in [4.69, 9.17) is 16.7 Å². The monoisotopic (exact) mass is 296 g/mol. The molecule has 20 heavy (non-hydrogen) atoms. The molecule has 5 nitrogen and oxygen atoms in total. The number of hydrogen-bond donors (Lipinski definition) is 2. The highest BCUT2D eigenvalue weighted by atomic mass is 35.5. The molecule has 0 aromatic heterocycles. The molecule has 0 saturated carbocycles.